The van der Waals surface area contributed by atoms with Crippen LogP contribution in [0.4, 0.5) is 0 Å². The van der Waals surface area contributed by atoms with Crippen molar-refractivity contribution in [3.05, 3.63) is 22.8 Å². The van der Waals surface area contributed by atoms with Crippen LogP contribution in [-0.4, -0.2) is 23.1 Å². The first-order valence-corrected chi connectivity index (χ1v) is 7.12. The van der Waals surface area contributed by atoms with Crippen LogP contribution < -0.4 is 5.32 Å². The maximum absolute atomic E-state index is 5.76. The fourth-order valence-corrected chi connectivity index (χ4v) is 2.65. The van der Waals surface area contributed by atoms with Gasteiger partial charge in [0.1, 0.15) is 0 Å². The number of oxazole rings is 1. The summed E-state index contributed by atoms with van der Waals surface area (Å²) in [7, 11) is 0. The fourth-order valence-electron chi connectivity index (χ4n) is 1.79. The zero-order chi connectivity index (χ0) is 13.0. The fraction of sp³-hybridized carbons (Fsp3) is 0.538. The Hall–Kier alpha value is -1.20. The lowest BCUT2D eigenvalue weighted by Crippen LogP contribution is -2.17. The third-order valence-corrected chi connectivity index (χ3v) is 3.71. The van der Waals surface area contributed by atoms with Gasteiger partial charge in [-0.25, -0.2) is 9.97 Å². The lowest BCUT2D eigenvalue weighted by molar-refractivity contribution is 0.495. The summed E-state index contributed by atoms with van der Waals surface area (Å²) >= 11 is 1.65. The summed E-state index contributed by atoms with van der Waals surface area (Å²) in [6.07, 6.45) is 3.78. The van der Waals surface area contributed by atoms with Crippen molar-refractivity contribution in [2.24, 2.45) is 0 Å². The normalized spacial score (nSPS) is 11.1. The molecule has 0 fully saturated rings. The minimum atomic E-state index is 0.791. The van der Waals surface area contributed by atoms with Crippen LogP contribution in [-0.2, 0) is 6.42 Å². The van der Waals surface area contributed by atoms with E-state index >= 15 is 0 Å². The van der Waals surface area contributed by atoms with Gasteiger partial charge in [0.25, 0.3) is 0 Å². The van der Waals surface area contributed by atoms with Crippen molar-refractivity contribution < 1.29 is 4.42 Å². The molecule has 5 heteroatoms. The van der Waals surface area contributed by atoms with Gasteiger partial charge in [0.05, 0.1) is 21.8 Å². The highest BCUT2D eigenvalue weighted by Crippen LogP contribution is 2.30. The monoisotopic (exact) mass is 265 g/mol. The summed E-state index contributed by atoms with van der Waals surface area (Å²) in [5.74, 6) is 1.63. The maximum atomic E-state index is 5.76. The minimum absolute atomic E-state index is 0.791. The summed E-state index contributed by atoms with van der Waals surface area (Å²) in [6.45, 7) is 8.12. The Morgan fingerprint density at radius 1 is 1.33 bits per heavy atom. The molecule has 1 N–H and O–H groups in total. The number of nitrogens with zero attached hydrogens (tertiary/aromatic N) is 2. The van der Waals surface area contributed by atoms with Crippen molar-refractivity contribution in [1.29, 1.82) is 0 Å². The molecule has 2 aromatic heterocycles. The predicted molar refractivity (Wildman–Crippen MR) is 73.9 cm³/mol. The second-order valence-electron chi connectivity index (χ2n) is 4.27. The summed E-state index contributed by atoms with van der Waals surface area (Å²) in [4.78, 5) is 9.80. The van der Waals surface area contributed by atoms with Gasteiger partial charge >= 0.3 is 0 Å². The Labute approximate surface area is 111 Å². The first-order chi connectivity index (χ1) is 8.70. The van der Waals surface area contributed by atoms with Crippen molar-refractivity contribution in [3.8, 4) is 10.6 Å². The van der Waals surface area contributed by atoms with Crippen LogP contribution in [0.1, 0.15) is 29.9 Å². The third-order valence-electron chi connectivity index (χ3n) is 2.62. The van der Waals surface area contributed by atoms with Crippen molar-refractivity contribution in [3.63, 3.8) is 0 Å². The molecule has 0 spiro atoms. The van der Waals surface area contributed by atoms with E-state index in [0.717, 1.165) is 53.2 Å². The number of hydrogen-bond acceptors (Lipinski definition) is 5. The van der Waals surface area contributed by atoms with Crippen LogP contribution in [0.5, 0.6) is 0 Å². The minimum Gasteiger partial charge on any atom is -0.440 e. The van der Waals surface area contributed by atoms with E-state index in [1.807, 2.05) is 13.8 Å². The Morgan fingerprint density at radius 3 is 2.83 bits per heavy atom. The molecule has 2 aromatic rings. The average Bonchev–Trinajstić information content (AvgIpc) is 2.91. The van der Waals surface area contributed by atoms with Crippen molar-refractivity contribution >= 4 is 11.3 Å². The maximum Gasteiger partial charge on any atom is 0.196 e. The highest BCUT2D eigenvalue weighted by atomic mass is 32.1. The van der Waals surface area contributed by atoms with Gasteiger partial charge in [-0.15, -0.1) is 11.3 Å². The smallest absolute Gasteiger partial charge is 0.196 e. The first-order valence-electron chi connectivity index (χ1n) is 6.30. The number of nitrogens with one attached hydrogen (secondary N) is 1. The van der Waals surface area contributed by atoms with E-state index in [2.05, 4.69) is 22.2 Å². The number of rotatable bonds is 6. The van der Waals surface area contributed by atoms with E-state index in [9.17, 15) is 0 Å². The molecule has 0 aliphatic heterocycles. The van der Waals surface area contributed by atoms with Gasteiger partial charge in [-0.05, 0) is 26.8 Å². The Morgan fingerprint density at radius 2 is 2.17 bits per heavy atom. The Kier molecular flexibility index (Phi) is 4.49. The van der Waals surface area contributed by atoms with Crippen LogP contribution in [0.25, 0.3) is 10.6 Å². The molecule has 4 nitrogen and oxygen atoms in total. The first kappa shape index (κ1) is 13.2. The van der Waals surface area contributed by atoms with Crippen molar-refractivity contribution in [1.82, 2.24) is 15.3 Å². The zero-order valence-electron chi connectivity index (χ0n) is 11.1. The van der Waals surface area contributed by atoms with E-state index < -0.39 is 0 Å². The lowest BCUT2D eigenvalue weighted by atomic mass is 10.3. The van der Waals surface area contributed by atoms with Crippen LogP contribution in [0.2, 0.25) is 0 Å². The van der Waals surface area contributed by atoms with Crippen LogP contribution in [0.3, 0.4) is 0 Å². The molecule has 0 saturated heterocycles. The molecule has 0 bridgehead atoms. The number of aryl methyl sites for hydroxylation is 2. The molecule has 2 rings (SSSR count). The zero-order valence-corrected chi connectivity index (χ0v) is 11.9. The standard InChI is InChI=1S/C13H19N3OS/c1-4-6-14-7-5-12-15-8-11(17-12)13-9(2)16-10(3)18-13/h8,14H,4-7H2,1-3H3. The van der Waals surface area contributed by atoms with Gasteiger partial charge < -0.3 is 9.73 Å². The van der Waals surface area contributed by atoms with Crippen LogP contribution in [0, 0.1) is 13.8 Å². The summed E-state index contributed by atoms with van der Waals surface area (Å²) in [5, 5.41) is 4.40. The molecule has 0 atom stereocenters. The molecule has 0 aliphatic rings. The van der Waals surface area contributed by atoms with Gasteiger partial charge in [-0.1, -0.05) is 6.92 Å². The van der Waals surface area contributed by atoms with E-state index in [0.29, 0.717) is 0 Å². The molecule has 98 valence electrons. The van der Waals surface area contributed by atoms with E-state index in [1.165, 1.54) is 0 Å². The number of hydrogen-bond donors (Lipinski definition) is 1. The van der Waals surface area contributed by atoms with E-state index in [4.69, 9.17) is 4.42 Å². The molecule has 0 unspecified atom stereocenters. The topological polar surface area (TPSA) is 51.0 Å². The van der Waals surface area contributed by atoms with Gasteiger partial charge in [-0.2, -0.15) is 0 Å². The molecule has 2 heterocycles. The molecular formula is C13H19N3OS. The summed E-state index contributed by atoms with van der Waals surface area (Å²) in [5.41, 5.74) is 1.02. The van der Waals surface area contributed by atoms with Crippen molar-refractivity contribution in [2.75, 3.05) is 13.1 Å². The Bertz CT molecular complexity index is 504. The molecular weight excluding hydrogens is 246 g/mol. The molecule has 0 aromatic carbocycles. The lowest BCUT2D eigenvalue weighted by Gasteiger charge is -1.99. The summed E-state index contributed by atoms with van der Waals surface area (Å²) < 4.78 is 5.76. The molecule has 0 aliphatic carbocycles. The van der Waals surface area contributed by atoms with E-state index in [1.54, 1.807) is 17.5 Å². The van der Waals surface area contributed by atoms with Crippen LogP contribution >= 0.6 is 11.3 Å². The summed E-state index contributed by atoms with van der Waals surface area (Å²) in [6, 6.07) is 0. The van der Waals surface area contributed by atoms with Crippen LogP contribution in [0.15, 0.2) is 10.6 Å². The predicted octanol–water partition coefficient (Wildman–Crippen LogP) is 2.96. The second-order valence-corrected chi connectivity index (χ2v) is 5.47. The average molecular weight is 265 g/mol. The van der Waals surface area contributed by atoms with Gasteiger partial charge in [0.2, 0.25) is 0 Å². The second kappa shape index (κ2) is 6.11. The largest absolute Gasteiger partial charge is 0.440 e. The molecule has 0 amide bonds. The van der Waals surface area contributed by atoms with Crippen molar-refractivity contribution in [2.45, 2.75) is 33.6 Å². The van der Waals surface area contributed by atoms with Gasteiger partial charge in [0.15, 0.2) is 11.7 Å². The number of thiazole rings is 1. The molecule has 0 saturated carbocycles. The van der Waals surface area contributed by atoms with E-state index in [-0.39, 0.29) is 0 Å². The quantitative estimate of drug-likeness (QED) is 0.816. The highest BCUT2D eigenvalue weighted by molar-refractivity contribution is 7.15. The third kappa shape index (κ3) is 3.17. The van der Waals surface area contributed by atoms with Gasteiger partial charge in [0, 0.05) is 13.0 Å². The van der Waals surface area contributed by atoms with Gasteiger partial charge in [-0.3, -0.25) is 0 Å². The number of aromatic nitrogens is 2. The Balaban J connectivity index is 1.99. The molecule has 0 radical (unpaired) electrons. The molecule has 18 heavy (non-hydrogen) atoms. The highest BCUT2D eigenvalue weighted by Gasteiger charge is 2.12. The SMILES string of the molecule is CCCNCCc1ncc(-c2sc(C)nc2C)o1.